The van der Waals surface area contributed by atoms with Crippen molar-refractivity contribution in [2.45, 2.75) is 19.4 Å². The molecule has 3 aromatic heterocycles. The van der Waals surface area contributed by atoms with E-state index in [-0.39, 0.29) is 6.10 Å². The predicted octanol–water partition coefficient (Wildman–Crippen LogP) is 6.09. The number of hydrogen-bond acceptors (Lipinski definition) is 8. The number of carbonyl (C=O) groups is 1. The van der Waals surface area contributed by atoms with Crippen LogP contribution in [0.5, 0.6) is 5.75 Å². The van der Waals surface area contributed by atoms with E-state index in [2.05, 4.69) is 44.3 Å². The van der Waals surface area contributed by atoms with Gasteiger partial charge < -0.3 is 25.6 Å². The number of carbonyl (C=O) groups excluding carboxylic acids is 1. The minimum Gasteiger partial charge on any atom is -0.484 e. The van der Waals surface area contributed by atoms with Crippen LogP contribution in [-0.4, -0.2) is 76.6 Å². The minimum atomic E-state index is -0.546. The van der Waals surface area contributed by atoms with Crippen LogP contribution in [-0.2, 0) is 0 Å². The normalized spacial score (nSPS) is 15.0. The van der Waals surface area contributed by atoms with Crippen molar-refractivity contribution in [1.82, 2.24) is 24.3 Å². The quantitative estimate of drug-likeness (QED) is 0.171. The molecule has 1 saturated heterocycles. The van der Waals surface area contributed by atoms with E-state index >= 15 is 0 Å². The lowest BCUT2D eigenvalue weighted by Gasteiger charge is -2.32. The molecule has 3 N–H and O–H groups in total. The number of ether oxygens (including phenoxy) is 1. The topological polar surface area (TPSA) is 102 Å². The molecule has 2 aromatic carbocycles. The predicted molar refractivity (Wildman–Crippen MR) is 178 cm³/mol. The number of amides is 1. The third kappa shape index (κ3) is 6.73. The molecule has 1 atom stereocenters. The van der Waals surface area contributed by atoms with Gasteiger partial charge in [0.1, 0.15) is 33.9 Å². The van der Waals surface area contributed by atoms with Crippen molar-refractivity contribution < 1.29 is 9.53 Å². The monoisotopic (exact) mass is 629 g/mol. The van der Waals surface area contributed by atoms with E-state index in [1.165, 1.54) is 11.3 Å². The molecular weight excluding hydrogens is 594 g/mol. The summed E-state index contributed by atoms with van der Waals surface area (Å²) in [5.74, 6) is 0.750. The highest BCUT2D eigenvalue weighted by atomic mass is 35.5. The molecule has 1 fully saturated rings. The maximum Gasteiger partial charge on any atom is 0.262 e. The summed E-state index contributed by atoms with van der Waals surface area (Å²) in [7, 11) is 2.18. The molecule has 1 aliphatic rings. The van der Waals surface area contributed by atoms with Crippen LogP contribution in [0.15, 0.2) is 73.2 Å². The number of hydrogen-bond donors (Lipinski definition) is 2. The van der Waals surface area contributed by atoms with Gasteiger partial charge >= 0.3 is 0 Å². The highest BCUT2D eigenvalue weighted by molar-refractivity contribution is 7.16. The van der Waals surface area contributed by atoms with Crippen LogP contribution in [0, 0.1) is 0 Å². The Morgan fingerprint density at radius 2 is 1.86 bits per heavy atom. The van der Waals surface area contributed by atoms with Crippen LogP contribution < -0.4 is 15.8 Å². The molecule has 0 bridgehead atoms. The van der Waals surface area contributed by atoms with Gasteiger partial charge in [0.2, 0.25) is 0 Å². The summed E-state index contributed by atoms with van der Waals surface area (Å²) in [4.78, 5) is 26.9. The number of fused-ring (bicyclic) bond motifs is 1. The Hall–Kier alpha value is -3.96. The highest BCUT2D eigenvalue weighted by Crippen LogP contribution is 2.37. The molecule has 9 nitrogen and oxygen atoms in total. The molecule has 0 spiro atoms. The van der Waals surface area contributed by atoms with Gasteiger partial charge in [-0.15, -0.1) is 11.3 Å². The number of primary amides is 1. The molecular formula is C33H36ClN7O2S. The van der Waals surface area contributed by atoms with Crippen molar-refractivity contribution in [1.29, 1.82) is 0 Å². The number of pyridine rings is 1. The lowest BCUT2D eigenvalue weighted by Crippen LogP contribution is -2.44. The number of likely N-dealkylation sites (N-methyl/N-ethyl adjacent to an activating group) is 1. The van der Waals surface area contributed by atoms with Crippen LogP contribution in [0.25, 0.3) is 27.2 Å². The first-order valence-corrected chi connectivity index (χ1v) is 16.0. The van der Waals surface area contributed by atoms with Crippen LogP contribution in [0.3, 0.4) is 0 Å². The molecule has 6 rings (SSSR count). The smallest absolute Gasteiger partial charge is 0.262 e. The maximum absolute atomic E-state index is 12.3. The van der Waals surface area contributed by atoms with E-state index in [0.717, 1.165) is 84.2 Å². The standard InChI is InChI=1S/C33H36ClN7O2S/c1-22(25-6-3-4-7-26(25)34)43-29-19-31(44-32(29)33(35)42)41-21-38-27-18-23(8-10-28(27)41)24-9-11-30(37-20-24)36-12-5-13-40-16-14-39(2)15-17-40/h3-4,6-11,18-22H,5,12-17H2,1-2H3,(H2,35,42)(H,36,37)/t22-/m1/s1. The minimum absolute atomic E-state index is 0.344. The van der Waals surface area contributed by atoms with Gasteiger partial charge in [0, 0.05) is 61.1 Å². The number of anilines is 1. The van der Waals surface area contributed by atoms with Gasteiger partial charge in [-0.2, -0.15) is 0 Å². The Morgan fingerprint density at radius 3 is 2.61 bits per heavy atom. The second-order valence-corrected chi connectivity index (χ2v) is 12.5. The summed E-state index contributed by atoms with van der Waals surface area (Å²) >= 11 is 7.64. The lowest BCUT2D eigenvalue weighted by atomic mass is 10.1. The molecule has 0 saturated carbocycles. The number of piperazine rings is 1. The fraction of sp³-hybridized carbons (Fsp3) is 0.303. The van der Waals surface area contributed by atoms with Crippen LogP contribution in [0.2, 0.25) is 5.02 Å². The first-order valence-electron chi connectivity index (χ1n) is 14.8. The molecule has 1 aliphatic heterocycles. The van der Waals surface area contributed by atoms with Gasteiger partial charge in [0.15, 0.2) is 0 Å². The van der Waals surface area contributed by atoms with Gasteiger partial charge in [0.05, 0.1) is 11.0 Å². The molecule has 0 aliphatic carbocycles. The number of nitrogens with two attached hydrogens (primary N) is 1. The zero-order valence-corrected chi connectivity index (χ0v) is 26.4. The fourth-order valence-corrected chi connectivity index (χ4v) is 6.64. The Morgan fingerprint density at radius 1 is 1.07 bits per heavy atom. The van der Waals surface area contributed by atoms with Crippen LogP contribution in [0.4, 0.5) is 5.82 Å². The molecule has 4 heterocycles. The average Bonchev–Trinajstić information content (AvgIpc) is 3.64. The molecule has 228 valence electrons. The first kappa shape index (κ1) is 30.1. The summed E-state index contributed by atoms with van der Waals surface area (Å²) in [5, 5.41) is 4.83. The third-order valence-corrected chi connectivity index (χ3v) is 9.46. The number of benzene rings is 2. The van der Waals surface area contributed by atoms with Crippen LogP contribution in [0.1, 0.15) is 34.7 Å². The number of nitrogens with one attached hydrogen (secondary N) is 1. The highest BCUT2D eigenvalue weighted by Gasteiger charge is 2.21. The Bertz CT molecular complexity index is 1740. The van der Waals surface area contributed by atoms with Crippen molar-refractivity contribution in [2.75, 3.05) is 51.6 Å². The van der Waals surface area contributed by atoms with Gasteiger partial charge in [-0.05, 0) is 62.8 Å². The third-order valence-electron chi connectivity index (χ3n) is 7.99. The van der Waals surface area contributed by atoms with Crippen LogP contribution >= 0.6 is 22.9 Å². The Kier molecular flexibility index (Phi) is 9.13. The zero-order valence-electron chi connectivity index (χ0n) is 24.9. The number of imidazole rings is 1. The van der Waals surface area contributed by atoms with Crippen molar-refractivity contribution >= 4 is 45.7 Å². The number of aromatic nitrogens is 3. The maximum atomic E-state index is 12.3. The summed E-state index contributed by atoms with van der Waals surface area (Å²) < 4.78 is 8.13. The van der Waals surface area contributed by atoms with Gasteiger partial charge in [0.25, 0.3) is 5.91 Å². The van der Waals surface area contributed by atoms with E-state index in [1.54, 1.807) is 6.33 Å². The second kappa shape index (κ2) is 13.4. The van der Waals surface area contributed by atoms with E-state index in [9.17, 15) is 4.79 Å². The van der Waals surface area contributed by atoms with E-state index in [0.29, 0.717) is 15.6 Å². The average molecular weight is 630 g/mol. The fourth-order valence-electron chi connectivity index (χ4n) is 5.43. The Labute approximate surface area is 266 Å². The lowest BCUT2D eigenvalue weighted by molar-refractivity contribution is 0.0998. The summed E-state index contributed by atoms with van der Waals surface area (Å²) in [6, 6.07) is 19.5. The van der Waals surface area contributed by atoms with Gasteiger partial charge in [-0.25, -0.2) is 9.97 Å². The van der Waals surface area contributed by atoms with Gasteiger partial charge in [-0.3, -0.25) is 9.36 Å². The van der Waals surface area contributed by atoms with Crippen molar-refractivity contribution in [3.05, 3.63) is 88.7 Å². The number of rotatable bonds is 11. The molecule has 11 heteroatoms. The number of thiophene rings is 1. The number of nitrogens with zero attached hydrogens (tertiary/aromatic N) is 5. The molecule has 0 radical (unpaired) electrons. The first-order chi connectivity index (χ1) is 21.4. The SMILES string of the molecule is C[C@@H](Oc1cc(-n2cnc3cc(-c4ccc(NCCCN5CCN(C)CC5)nc4)ccc32)sc1C(N)=O)c1ccccc1Cl. The van der Waals surface area contributed by atoms with Crippen molar-refractivity contribution in [3.8, 4) is 21.9 Å². The summed E-state index contributed by atoms with van der Waals surface area (Å²) in [6.07, 6.45) is 4.36. The zero-order chi connectivity index (χ0) is 30.6. The molecule has 5 aromatic rings. The molecule has 1 amide bonds. The van der Waals surface area contributed by atoms with Crippen molar-refractivity contribution in [3.63, 3.8) is 0 Å². The van der Waals surface area contributed by atoms with E-state index < -0.39 is 5.91 Å². The Balaban J connectivity index is 1.13. The van der Waals surface area contributed by atoms with E-state index in [4.69, 9.17) is 22.1 Å². The number of halogens is 1. The largest absolute Gasteiger partial charge is 0.484 e. The van der Waals surface area contributed by atoms with E-state index in [1.807, 2.05) is 66.2 Å². The van der Waals surface area contributed by atoms with Crippen molar-refractivity contribution in [2.24, 2.45) is 5.73 Å². The molecule has 0 unspecified atom stereocenters. The summed E-state index contributed by atoms with van der Waals surface area (Å²) in [6.45, 7) is 8.48. The summed E-state index contributed by atoms with van der Waals surface area (Å²) in [5.41, 5.74) is 10.3. The van der Waals surface area contributed by atoms with Gasteiger partial charge in [-0.1, -0.05) is 35.9 Å². The second-order valence-electron chi connectivity index (χ2n) is 11.1. The molecule has 44 heavy (non-hydrogen) atoms.